The van der Waals surface area contributed by atoms with Gasteiger partial charge in [0.25, 0.3) is 0 Å². The number of nitrogens with zero attached hydrogens (tertiary/aromatic N) is 2. The van der Waals surface area contributed by atoms with Gasteiger partial charge in [0.2, 0.25) is 5.91 Å². The standard InChI is InChI=1S/C14H21N3O2/c1-11-4-6-17(7-5-11)13-3-2-12(8-15-13)9-16-14(19)10-18/h2-3,8,11,18H,4-7,9-10H2,1H3,(H,16,19). The Morgan fingerprint density at radius 3 is 2.79 bits per heavy atom. The summed E-state index contributed by atoms with van der Waals surface area (Å²) in [7, 11) is 0. The van der Waals surface area contributed by atoms with E-state index in [1.54, 1.807) is 6.20 Å². The van der Waals surface area contributed by atoms with Crippen molar-refractivity contribution in [1.82, 2.24) is 10.3 Å². The number of hydrogen-bond donors (Lipinski definition) is 2. The summed E-state index contributed by atoms with van der Waals surface area (Å²) < 4.78 is 0. The normalized spacial score (nSPS) is 16.4. The summed E-state index contributed by atoms with van der Waals surface area (Å²) in [4.78, 5) is 17.7. The Kier molecular flexibility index (Phi) is 4.74. The number of carbonyl (C=O) groups is 1. The molecular formula is C14H21N3O2. The molecule has 1 aromatic heterocycles. The summed E-state index contributed by atoms with van der Waals surface area (Å²) in [5.41, 5.74) is 0.941. The van der Waals surface area contributed by atoms with Crippen molar-refractivity contribution in [3.05, 3.63) is 23.9 Å². The molecule has 0 atom stereocenters. The van der Waals surface area contributed by atoms with Crippen LogP contribution in [-0.4, -0.2) is 35.7 Å². The predicted molar refractivity (Wildman–Crippen MR) is 73.8 cm³/mol. The van der Waals surface area contributed by atoms with E-state index in [-0.39, 0.29) is 5.91 Å². The van der Waals surface area contributed by atoms with Crippen LogP contribution < -0.4 is 10.2 Å². The minimum absolute atomic E-state index is 0.367. The first-order valence-electron chi connectivity index (χ1n) is 6.76. The molecule has 0 radical (unpaired) electrons. The van der Waals surface area contributed by atoms with E-state index in [1.807, 2.05) is 12.1 Å². The molecule has 2 N–H and O–H groups in total. The molecule has 2 rings (SSSR count). The predicted octanol–water partition coefficient (Wildman–Crippen LogP) is 0.926. The van der Waals surface area contributed by atoms with Crippen LogP contribution in [-0.2, 0) is 11.3 Å². The molecule has 0 aliphatic carbocycles. The van der Waals surface area contributed by atoms with Crippen molar-refractivity contribution in [2.75, 3.05) is 24.6 Å². The molecule has 104 valence electrons. The molecule has 1 saturated heterocycles. The van der Waals surface area contributed by atoms with Gasteiger partial charge in [-0.05, 0) is 30.4 Å². The van der Waals surface area contributed by atoms with Crippen molar-refractivity contribution in [3.63, 3.8) is 0 Å². The average Bonchev–Trinajstić information content (AvgIpc) is 2.46. The minimum Gasteiger partial charge on any atom is -0.387 e. The first-order chi connectivity index (χ1) is 9.19. The second-order valence-electron chi connectivity index (χ2n) is 5.13. The van der Waals surface area contributed by atoms with Gasteiger partial charge in [-0.2, -0.15) is 0 Å². The first kappa shape index (κ1) is 13.8. The van der Waals surface area contributed by atoms with Gasteiger partial charge in [0.05, 0.1) is 0 Å². The molecule has 1 fully saturated rings. The molecule has 5 heteroatoms. The fraction of sp³-hybridized carbons (Fsp3) is 0.571. The Morgan fingerprint density at radius 2 is 2.21 bits per heavy atom. The lowest BCUT2D eigenvalue weighted by molar-refractivity contribution is -0.123. The summed E-state index contributed by atoms with van der Waals surface area (Å²) in [6.07, 6.45) is 4.22. The molecular weight excluding hydrogens is 242 g/mol. The quantitative estimate of drug-likeness (QED) is 0.848. The molecule has 0 unspecified atom stereocenters. The van der Waals surface area contributed by atoms with Crippen molar-refractivity contribution >= 4 is 11.7 Å². The topological polar surface area (TPSA) is 65.5 Å². The first-order valence-corrected chi connectivity index (χ1v) is 6.76. The van der Waals surface area contributed by atoms with E-state index in [0.717, 1.165) is 30.4 Å². The number of aromatic nitrogens is 1. The monoisotopic (exact) mass is 263 g/mol. The van der Waals surface area contributed by atoms with Gasteiger partial charge in [-0.25, -0.2) is 4.98 Å². The van der Waals surface area contributed by atoms with Crippen LogP contribution in [0.4, 0.5) is 5.82 Å². The van der Waals surface area contributed by atoms with Crippen molar-refractivity contribution in [2.24, 2.45) is 5.92 Å². The summed E-state index contributed by atoms with van der Waals surface area (Å²) in [6, 6.07) is 3.97. The van der Waals surface area contributed by atoms with E-state index in [9.17, 15) is 4.79 Å². The number of aliphatic hydroxyl groups excluding tert-OH is 1. The number of aliphatic hydroxyl groups is 1. The molecule has 1 aromatic rings. The van der Waals surface area contributed by atoms with E-state index in [4.69, 9.17) is 5.11 Å². The third-order valence-electron chi connectivity index (χ3n) is 3.55. The lowest BCUT2D eigenvalue weighted by Crippen LogP contribution is -2.33. The Hall–Kier alpha value is -1.62. The highest BCUT2D eigenvalue weighted by Gasteiger charge is 2.16. The summed E-state index contributed by atoms with van der Waals surface area (Å²) in [5, 5.41) is 11.2. The highest BCUT2D eigenvalue weighted by atomic mass is 16.3. The fourth-order valence-electron chi connectivity index (χ4n) is 2.20. The van der Waals surface area contributed by atoms with Gasteiger partial charge < -0.3 is 15.3 Å². The van der Waals surface area contributed by atoms with Crippen LogP contribution in [0.2, 0.25) is 0 Å². The number of carbonyl (C=O) groups excluding carboxylic acids is 1. The van der Waals surface area contributed by atoms with Gasteiger partial charge in [-0.15, -0.1) is 0 Å². The van der Waals surface area contributed by atoms with Crippen LogP contribution in [0.15, 0.2) is 18.3 Å². The minimum atomic E-state index is -0.475. The van der Waals surface area contributed by atoms with Gasteiger partial charge in [-0.1, -0.05) is 13.0 Å². The fourth-order valence-corrected chi connectivity index (χ4v) is 2.20. The number of hydrogen-bond acceptors (Lipinski definition) is 4. The number of piperidine rings is 1. The molecule has 1 aliphatic rings. The van der Waals surface area contributed by atoms with E-state index >= 15 is 0 Å². The van der Waals surface area contributed by atoms with Crippen LogP contribution in [0.25, 0.3) is 0 Å². The van der Waals surface area contributed by atoms with Crippen molar-refractivity contribution in [1.29, 1.82) is 0 Å². The molecule has 1 aliphatic heterocycles. The smallest absolute Gasteiger partial charge is 0.245 e. The third-order valence-corrected chi connectivity index (χ3v) is 3.55. The zero-order valence-electron chi connectivity index (χ0n) is 11.3. The summed E-state index contributed by atoms with van der Waals surface area (Å²) in [6.45, 7) is 4.35. The molecule has 0 spiro atoms. The maximum atomic E-state index is 10.9. The Balaban J connectivity index is 1.89. The number of anilines is 1. The molecule has 19 heavy (non-hydrogen) atoms. The maximum absolute atomic E-state index is 10.9. The number of rotatable bonds is 4. The molecule has 0 aromatic carbocycles. The summed E-state index contributed by atoms with van der Waals surface area (Å²) in [5.74, 6) is 1.45. The molecule has 0 saturated carbocycles. The van der Waals surface area contributed by atoms with Gasteiger partial charge >= 0.3 is 0 Å². The Bertz CT molecular complexity index is 411. The molecule has 2 heterocycles. The highest BCUT2D eigenvalue weighted by Crippen LogP contribution is 2.21. The van der Waals surface area contributed by atoms with Crippen LogP contribution in [0.5, 0.6) is 0 Å². The number of amides is 1. The molecule has 1 amide bonds. The molecule has 0 bridgehead atoms. The lowest BCUT2D eigenvalue weighted by Gasteiger charge is -2.31. The second kappa shape index (κ2) is 6.52. The average molecular weight is 263 g/mol. The van der Waals surface area contributed by atoms with Crippen LogP contribution in [0.1, 0.15) is 25.3 Å². The van der Waals surface area contributed by atoms with Crippen molar-refractivity contribution < 1.29 is 9.90 Å². The van der Waals surface area contributed by atoms with Gasteiger partial charge in [0, 0.05) is 25.8 Å². The van der Waals surface area contributed by atoms with Gasteiger partial charge in [-0.3, -0.25) is 4.79 Å². The van der Waals surface area contributed by atoms with Crippen molar-refractivity contribution in [3.8, 4) is 0 Å². The van der Waals surface area contributed by atoms with Crippen LogP contribution in [0.3, 0.4) is 0 Å². The summed E-state index contributed by atoms with van der Waals surface area (Å²) >= 11 is 0. The van der Waals surface area contributed by atoms with E-state index in [2.05, 4.69) is 22.1 Å². The zero-order valence-corrected chi connectivity index (χ0v) is 11.3. The van der Waals surface area contributed by atoms with Crippen molar-refractivity contribution in [2.45, 2.75) is 26.3 Å². The van der Waals surface area contributed by atoms with Crippen LogP contribution >= 0.6 is 0 Å². The Morgan fingerprint density at radius 1 is 1.47 bits per heavy atom. The molecule has 5 nitrogen and oxygen atoms in total. The lowest BCUT2D eigenvalue weighted by atomic mass is 9.99. The van der Waals surface area contributed by atoms with E-state index < -0.39 is 6.61 Å². The van der Waals surface area contributed by atoms with Gasteiger partial charge in [0.1, 0.15) is 12.4 Å². The third kappa shape index (κ3) is 3.92. The second-order valence-corrected chi connectivity index (χ2v) is 5.13. The highest BCUT2D eigenvalue weighted by molar-refractivity contribution is 5.76. The van der Waals surface area contributed by atoms with Crippen LogP contribution in [0, 0.1) is 5.92 Å². The van der Waals surface area contributed by atoms with E-state index in [1.165, 1.54) is 12.8 Å². The van der Waals surface area contributed by atoms with E-state index in [0.29, 0.717) is 6.54 Å². The SMILES string of the molecule is CC1CCN(c2ccc(CNC(=O)CO)cn2)CC1. The number of nitrogens with one attached hydrogen (secondary N) is 1. The Labute approximate surface area is 113 Å². The van der Waals surface area contributed by atoms with Gasteiger partial charge in [0.15, 0.2) is 0 Å². The number of pyridine rings is 1. The largest absolute Gasteiger partial charge is 0.387 e. The zero-order chi connectivity index (χ0) is 13.7. The maximum Gasteiger partial charge on any atom is 0.245 e.